The van der Waals surface area contributed by atoms with Crippen LogP contribution in [0, 0.1) is 17.1 Å². The quantitative estimate of drug-likeness (QED) is 0.490. The molecule has 0 spiro atoms. The minimum atomic E-state index is -0.793. The molecule has 82 valence electrons. The van der Waals surface area contributed by atoms with Crippen molar-refractivity contribution >= 4 is 23.1 Å². The molecule has 0 heterocycles. The molecule has 0 aliphatic carbocycles. The number of carbonyl (C=O) groups excluding carboxylic acids is 1. The number of rotatable bonds is 2. The van der Waals surface area contributed by atoms with Crippen LogP contribution in [-0.2, 0) is 4.79 Å². The minimum absolute atomic E-state index is 0.0634. The fourth-order valence-electron chi connectivity index (χ4n) is 1.15. The Morgan fingerprint density at radius 3 is 2.62 bits per heavy atom. The Kier molecular flexibility index (Phi) is 3.64. The maximum absolute atomic E-state index is 13.4. The number of Topliss-reactive ketones (excluding diaryl/α,β-unsaturated/α-hetero) is 1. The minimum Gasteiger partial charge on any atom is -0.506 e. The van der Waals surface area contributed by atoms with Crippen LogP contribution in [0.5, 0.6) is 0 Å². The van der Waals surface area contributed by atoms with Crippen LogP contribution in [0.1, 0.15) is 12.5 Å². The molecule has 0 unspecified atom stereocenters. The molecule has 0 aliphatic heterocycles. The van der Waals surface area contributed by atoms with Gasteiger partial charge in [-0.25, -0.2) is 4.39 Å². The van der Waals surface area contributed by atoms with Gasteiger partial charge in [0.15, 0.2) is 5.78 Å². The van der Waals surface area contributed by atoms with Gasteiger partial charge >= 0.3 is 0 Å². The highest BCUT2D eigenvalue weighted by Crippen LogP contribution is 2.27. The first-order valence-corrected chi connectivity index (χ1v) is 4.65. The van der Waals surface area contributed by atoms with Crippen LogP contribution >= 0.6 is 11.6 Å². The molecule has 16 heavy (non-hydrogen) atoms. The van der Waals surface area contributed by atoms with Crippen LogP contribution in [0.25, 0.3) is 5.76 Å². The molecular weight excluding hydrogens is 233 g/mol. The number of hydrogen-bond acceptors (Lipinski definition) is 3. The lowest BCUT2D eigenvalue weighted by Gasteiger charge is -2.05. The Labute approximate surface area is 96.4 Å². The first-order valence-electron chi connectivity index (χ1n) is 4.27. The average molecular weight is 240 g/mol. The molecule has 0 radical (unpaired) electrons. The summed E-state index contributed by atoms with van der Waals surface area (Å²) in [6.45, 7) is 1.10. The van der Waals surface area contributed by atoms with Crippen molar-refractivity contribution in [3.8, 4) is 6.07 Å². The number of hydrogen-bond donors (Lipinski definition) is 1. The number of allylic oxidation sites excluding steroid dienone is 1. The van der Waals surface area contributed by atoms with Crippen molar-refractivity contribution in [2.24, 2.45) is 0 Å². The summed E-state index contributed by atoms with van der Waals surface area (Å²) in [5.41, 5.74) is -0.858. The van der Waals surface area contributed by atoms with Gasteiger partial charge in [-0.3, -0.25) is 4.79 Å². The zero-order chi connectivity index (χ0) is 12.3. The van der Waals surface area contributed by atoms with Gasteiger partial charge in [0.25, 0.3) is 0 Å². The third-order valence-corrected chi connectivity index (χ3v) is 2.22. The van der Waals surface area contributed by atoms with Gasteiger partial charge < -0.3 is 5.11 Å². The topological polar surface area (TPSA) is 61.1 Å². The van der Waals surface area contributed by atoms with Crippen LogP contribution in [0.15, 0.2) is 23.8 Å². The van der Waals surface area contributed by atoms with E-state index in [9.17, 15) is 14.3 Å². The van der Waals surface area contributed by atoms with E-state index >= 15 is 0 Å². The number of aliphatic hydroxyl groups is 1. The van der Waals surface area contributed by atoms with Crippen molar-refractivity contribution < 1.29 is 14.3 Å². The zero-order valence-corrected chi connectivity index (χ0v) is 9.05. The summed E-state index contributed by atoms with van der Waals surface area (Å²) in [5, 5.41) is 18.2. The number of nitrogens with zero attached hydrogens (tertiary/aromatic N) is 1. The Bertz CT molecular complexity index is 497. The Balaban J connectivity index is 3.51. The van der Waals surface area contributed by atoms with Gasteiger partial charge in [-0.05, 0) is 12.1 Å². The van der Waals surface area contributed by atoms with Crippen molar-refractivity contribution in [1.29, 1.82) is 5.26 Å². The summed E-state index contributed by atoms with van der Waals surface area (Å²) >= 11 is 5.68. The Morgan fingerprint density at radius 1 is 1.56 bits per heavy atom. The summed E-state index contributed by atoms with van der Waals surface area (Å²) in [6, 6.07) is 5.29. The molecule has 5 heteroatoms. The SMILES string of the molecule is CC(=O)C(C#N)=C(O)c1c(F)cccc1Cl. The van der Waals surface area contributed by atoms with E-state index in [1.165, 1.54) is 18.2 Å². The number of benzene rings is 1. The largest absolute Gasteiger partial charge is 0.506 e. The van der Waals surface area contributed by atoms with Crippen LogP contribution in [0.3, 0.4) is 0 Å². The van der Waals surface area contributed by atoms with E-state index in [-0.39, 0.29) is 10.6 Å². The van der Waals surface area contributed by atoms with Gasteiger partial charge in [0, 0.05) is 6.92 Å². The van der Waals surface area contributed by atoms with Gasteiger partial charge in [-0.1, -0.05) is 17.7 Å². The predicted molar refractivity (Wildman–Crippen MR) is 57.3 cm³/mol. The molecule has 0 bridgehead atoms. The zero-order valence-electron chi connectivity index (χ0n) is 8.29. The number of aliphatic hydroxyl groups excluding tert-OH is 1. The summed E-state index contributed by atoms with van der Waals surface area (Å²) in [5.74, 6) is -2.18. The van der Waals surface area contributed by atoms with Crippen molar-refractivity contribution in [3.05, 3.63) is 40.2 Å². The highest BCUT2D eigenvalue weighted by molar-refractivity contribution is 6.32. The molecule has 1 N–H and O–H groups in total. The van der Waals surface area contributed by atoms with Crippen LogP contribution < -0.4 is 0 Å². The summed E-state index contributed by atoms with van der Waals surface area (Å²) in [7, 11) is 0. The van der Waals surface area contributed by atoms with E-state index in [2.05, 4.69) is 0 Å². The number of nitriles is 1. The first-order chi connectivity index (χ1) is 7.49. The normalized spacial score (nSPS) is 11.6. The Hall–Kier alpha value is -1.86. The number of halogens is 2. The van der Waals surface area contributed by atoms with Crippen molar-refractivity contribution in [1.82, 2.24) is 0 Å². The maximum Gasteiger partial charge on any atom is 0.174 e. The molecule has 1 rings (SSSR count). The summed E-state index contributed by atoms with van der Waals surface area (Å²) in [6.07, 6.45) is 0. The smallest absolute Gasteiger partial charge is 0.174 e. The summed E-state index contributed by atoms with van der Waals surface area (Å²) in [4.78, 5) is 11.0. The number of carbonyl (C=O) groups is 1. The molecule has 0 fully saturated rings. The van der Waals surface area contributed by atoms with E-state index in [1.807, 2.05) is 0 Å². The monoisotopic (exact) mass is 239 g/mol. The average Bonchev–Trinajstić information content (AvgIpc) is 2.17. The van der Waals surface area contributed by atoms with Crippen molar-refractivity contribution in [3.63, 3.8) is 0 Å². The van der Waals surface area contributed by atoms with E-state index < -0.39 is 22.9 Å². The second-order valence-corrected chi connectivity index (χ2v) is 3.40. The van der Waals surface area contributed by atoms with Crippen LogP contribution in [0.2, 0.25) is 5.02 Å². The molecule has 0 saturated carbocycles. The second-order valence-electron chi connectivity index (χ2n) is 2.99. The fourth-order valence-corrected chi connectivity index (χ4v) is 1.40. The van der Waals surface area contributed by atoms with Gasteiger partial charge in [0.2, 0.25) is 0 Å². The molecule has 1 aromatic rings. The molecule has 3 nitrogen and oxygen atoms in total. The molecule has 0 amide bonds. The standard InChI is InChI=1S/C11H7ClFNO2/c1-6(15)7(5-14)11(16)10-8(12)3-2-4-9(10)13/h2-4,16H,1H3. The third-order valence-electron chi connectivity index (χ3n) is 1.90. The first kappa shape index (κ1) is 12.2. The highest BCUT2D eigenvalue weighted by atomic mass is 35.5. The van der Waals surface area contributed by atoms with E-state index in [0.717, 1.165) is 13.0 Å². The van der Waals surface area contributed by atoms with Crippen molar-refractivity contribution in [2.45, 2.75) is 6.92 Å². The molecule has 0 aromatic heterocycles. The summed E-state index contributed by atoms with van der Waals surface area (Å²) < 4.78 is 13.4. The third kappa shape index (κ3) is 2.20. The van der Waals surface area contributed by atoms with Crippen LogP contribution in [0.4, 0.5) is 4.39 Å². The van der Waals surface area contributed by atoms with Gasteiger partial charge in [0.05, 0.1) is 10.6 Å². The molecule has 0 aliphatic rings. The Morgan fingerprint density at radius 2 is 2.19 bits per heavy atom. The fraction of sp³-hybridized carbons (Fsp3) is 0.0909. The van der Waals surface area contributed by atoms with Crippen molar-refractivity contribution in [2.75, 3.05) is 0 Å². The lowest BCUT2D eigenvalue weighted by molar-refractivity contribution is -0.113. The lowest BCUT2D eigenvalue weighted by atomic mass is 10.1. The number of ketones is 1. The van der Waals surface area contributed by atoms with Gasteiger partial charge in [-0.15, -0.1) is 0 Å². The molecule has 1 aromatic carbocycles. The molecule has 0 saturated heterocycles. The predicted octanol–water partition coefficient (Wildman–Crippen LogP) is 2.86. The molecular formula is C11H7ClFNO2. The second kappa shape index (κ2) is 4.77. The highest BCUT2D eigenvalue weighted by Gasteiger charge is 2.18. The van der Waals surface area contributed by atoms with Gasteiger partial charge in [-0.2, -0.15) is 5.26 Å². The van der Waals surface area contributed by atoms with E-state index in [1.54, 1.807) is 0 Å². The van der Waals surface area contributed by atoms with E-state index in [4.69, 9.17) is 16.9 Å². The lowest BCUT2D eigenvalue weighted by Crippen LogP contribution is -2.01. The molecule has 0 atom stereocenters. The van der Waals surface area contributed by atoms with E-state index in [0.29, 0.717) is 0 Å². The van der Waals surface area contributed by atoms with Gasteiger partial charge in [0.1, 0.15) is 23.2 Å². The maximum atomic E-state index is 13.4. The van der Waals surface area contributed by atoms with Crippen LogP contribution in [-0.4, -0.2) is 10.9 Å².